The van der Waals surface area contributed by atoms with Crippen molar-refractivity contribution in [2.45, 2.75) is 4.90 Å². The van der Waals surface area contributed by atoms with Gasteiger partial charge in [-0.1, -0.05) is 11.6 Å². The molecule has 2 rings (SSSR count). The van der Waals surface area contributed by atoms with Crippen molar-refractivity contribution in [3.05, 3.63) is 46.2 Å². The van der Waals surface area contributed by atoms with Crippen LogP contribution in [0, 0.1) is 0 Å². The lowest BCUT2D eigenvalue weighted by atomic mass is 10.3. The number of hydrogen-bond donors (Lipinski definition) is 2. The first-order valence-electron chi connectivity index (χ1n) is 5.07. The van der Waals surface area contributed by atoms with E-state index in [4.69, 9.17) is 17.3 Å². The van der Waals surface area contributed by atoms with E-state index >= 15 is 0 Å². The summed E-state index contributed by atoms with van der Waals surface area (Å²) in [5, 5.41) is 0.271. The minimum absolute atomic E-state index is 0.0773. The highest BCUT2D eigenvalue weighted by Crippen LogP contribution is 2.26. The third kappa shape index (κ3) is 3.17. The number of pyridine rings is 1. The Labute approximate surface area is 124 Å². The fourth-order valence-corrected chi connectivity index (χ4v) is 3.16. The quantitative estimate of drug-likeness (QED) is 0.822. The Bertz CT molecular complexity index is 722. The maximum absolute atomic E-state index is 12.2. The number of anilines is 2. The molecule has 0 bridgehead atoms. The lowest BCUT2D eigenvalue weighted by Gasteiger charge is -2.09. The molecule has 0 aliphatic carbocycles. The van der Waals surface area contributed by atoms with Crippen molar-refractivity contribution in [1.82, 2.24) is 4.98 Å². The predicted molar refractivity (Wildman–Crippen MR) is 78.6 cm³/mol. The van der Waals surface area contributed by atoms with Crippen LogP contribution in [0.15, 0.2) is 46.0 Å². The summed E-state index contributed by atoms with van der Waals surface area (Å²) < 4.78 is 27.2. The zero-order valence-electron chi connectivity index (χ0n) is 9.47. The van der Waals surface area contributed by atoms with Gasteiger partial charge in [-0.2, -0.15) is 0 Å². The normalized spacial score (nSPS) is 11.3. The fourth-order valence-electron chi connectivity index (χ4n) is 1.33. The molecule has 0 saturated heterocycles. The fraction of sp³-hybridized carbons (Fsp3) is 0. The van der Waals surface area contributed by atoms with Gasteiger partial charge in [0.25, 0.3) is 10.0 Å². The Morgan fingerprint density at radius 2 is 2.05 bits per heavy atom. The molecular formula is C11H9BrClN3O2S. The van der Waals surface area contributed by atoms with E-state index in [0.717, 1.165) is 0 Å². The van der Waals surface area contributed by atoms with Gasteiger partial charge in [0.1, 0.15) is 0 Å². The van der Waals surface area contributed by atoms with Crippen LogP contribution in [0.4, 0.5) is 11.4 Å². The van der Waals surface area contributed by atoms with Gasteiger partial charge in [0.2, 0.25) is 0 Å². The van der Waals surface area contributed by atoms with Crippen molar-refractivity contribution >= 4 is 48.9 Å². The van der Waals surface area contributed by atoms with Crippen LogP contribution in [0.25, 0.3) is 0 Å². The van der Waals surface area contributed by atoms with Crippen molar-refractivity contribution < 1.29 is 8.42 Å². The van der Waals surface area contributed by atoms with Crippen LogP contribution in [0.1, 0.15) is 0 Å². The zero-order chi connectivity index (χ0) is 14.0. The second-order valence-electron chi connectivity index (χ2n) is 3.64. The van der Waals surface area contributed by atoms with E-state index in [-0.39, 0.29) is 15.6 Å². The Morgan fingerprint density at radius 1 is 1.32 bits per heavy atom. The average Bonchev–Trinajstić information content (AvgIpc) is 2.35. The van der Waals surface area contributed by atoms with Crippen LogP contribution in [0.2, 0.25) is 5.02 Å². The third-order valence-electron chi connectivity index (χ3n) is 2.29. The molecule has 3 N–H and O–H groups in total. The summed E-state index contributed by atoms with van der Waals surface area (Å²) >= 11 is 9.06. The number of rotatable bonds is 3. The van der Waals surface area contributed by atoms with Crippen LogP contribution in [0.3, 0.4) is 0 Å². The second kappa shape index (κ2) is 5.36. The topological polar surface area (TPSA) is 85.1 Å². The first kappa shape index (κ1) is 14.1. The number of sulfonamides is 1. The van der Waals surface area contributed by atoms with E-state index < -0.39 is 10.0 Å². The molecule has 5 nitrogen and oxygen atoms in total. The largest absolute Gasteiger partial charge is 0.398 e. The SMILES string of the molecule is Nc1ccc(S(=O)(=O)Nc2cnccc2Cl)cc1Br. The van der Waals surface area contributed by atoms with Gasteiger partial charge in [0.15, 0.2) is 0 Å². The van der Waals surface area contributed by atoms with Gasteiger partial charge in [-0.3, -0.25) is 9.71 Å². The van der Waals surface area contributed by atoms with Gasteiger partial charge in [-0.05, 0) is 40.2 Å². The number of nitrogens with two attached hydrogens (primary N) is 1. The number of aromatic nitrogens is 1. The van der Waals surface area contributed by atoms with Crippen molar-refractivity contribution in [2.24, 2.45) is 0 Å². The summed E-state index contributed by atoms with van der Waals surface area (Å²) in [4.78, 5) is 3.89. The van der Waals surface area contributed by atoms with Crippen molar-refractivity contribution in [2.75, 3.05) is 10.5 Å². The Morgan fingerprint density at radius 3 is 2.68 bits per heavy atom. The minimum Gasteiger partial charge on any atom is -0.398 e. The summed E-state index contributed by atoms with van der Waals surface area (Å²) in [6, 6.07) is 5.83. The number of benzene rings is 1. The molecule has 0 spiro atoms. The highest BCUT2D eigenvalue weighted by molar-refractivity contribution is 9.10. The molecule has 1 aromatic carbocycles. The van der Waals surface area contributed by atoms with Crippen molar-refractivity contribution in [1.29, 1.82) is 0 Å². The van der Waals surface area contributed by atoms with Crippen LogP contribution in [-0.4, -0.2) is 13.4 Å². The molecule has 2 aromatic rings. The molecule has 0 aliphatic heterocycles. The smallest absolute Gasteiger partial charge is 0.262 e. The number of nitrogens with one attached hydrogen (secondary N) is 1. The van der Waals surface area contributed by atoms with Crippen LogP contribution in [-0.2, 0) is 10.0 Å². The van der Waals surface area contributed by atoms with Gasteiger partial charge in [0, 0.05) is 16.4 Å². The lowest BCUT2D eigenvalue weighted by molar-refractivity contribution is 0.601. The maximum Gasteiger partial charge on any atom is 0.262 e. The molecule has 0 fully saturated rings. The van der Waals surface area contributed by atoms with E-state index in [1.807, 2.05) is 0 Å². The maximum atomic E-state index is 12.2. The molecule has 8 heteroatoms. The highest BCUT2D eigenvalue weighted by Gasteiger charge is 2.16. The van der Waals surface area contributed by atoms with Crippen molar-refractivity contribution in [3.63, 3.8) is 0 Å². The number of nitrogens with zero attached hydrogens (tertiary/aromatic N) is 1. The molecule has 0 aliphatic rings. The molecule has 1 aromatic heterocycles. The van der Waals surface area contributed by atoms with Crippen LogP contribution >= 0.6 is 27.5 Å². The third-order valence-corrected chi connectivity index (χ3v) is 4.67. The van der Waals surface area contributed by atoms with E-state index in [9.17, 15) is 8.42 Å². The molecule has 0 amide bonds. The number of nitrogen functional groups attached to an aromatic ring is 1. The zero-order valence-corrected chi connectivity index (χ0v) is 12.6. The first-order valence-corrected chi connectivity index (χ1v) is 7.73. The Hall–Kier alpha value is -1.31. The summed E-state index contributed by atoms with van der Waals surface area (Å²) in [6.45, 7) is 0. The molecule has 19 heavy (non-hydrogen) atoms. The van der Waals surface area contributed by atoms with E-state index in [1.54, 1.807) is 0 Å². The molecule has 0 unspecified atom stereocenters. The molecule has 0 radical (unpaired) electrons. The Balaban J connectivity index is 2.38. The van der Waals surface area contributed by atoms with Gasteiger partial charge in [-0.15, -0.1) is 0 Å². The molecule has 1 heterocycles. The number of hydrogen-bond acceptors (Lipinski definition) is 4. The van der Waals surface area contributed by atoms with Crippen LogP contribution in [0.5, 0.6) is 0 Å². The number of halogens is 2. The van der Waals surface area contributed by atoms with Crippen molar-refractivity contribution in [3.8, 4) is 0 Å². The summed E-state index contributed by atoms with van der Waals surface area (Å²) in [6.07, 6.45) is 2.81. The molecule has 0 atom stereocenters. The predicted octanol–water partition coefficient (Wildman–Crippen LogP) is 2.88. The van der Waals surface area contributed by atoms with E-state index in [1.165, 1.54) is 36.7 Å². The summed E-state index contributed by atoms with van der Waals surface area (Å²) in [7, 11) is -3.74. The van der Waals surface area contributed by atoms with E-state index in [2.05, 4.69) is 25.6 Å². The molecular weight excluding hydrogens is 354 g/mol. The first-order chi connectivity index (χ1) is 8.90. The van der Waals surface area contributed by atoms with Gasteiger partial charge in [0.05, 0.1) is 21.8 Å². The molecule has 100 valence electrons. The lowest BCUT2D eigenvalue weighted by Crippen LogP contribution is -2.13. The van der Waals surface area contributed by atoms with Gasteiger partial charge >= 0.3 is 0 Å². The standard InChI is InChI=1S/C11H9BrClN3O2S/c12-8-5-7(1-2-10(8)14)19(17,18)16-11-6-15-4-3-9(11)13/h1-6,16H,14H2. The van der Waals surface area contributed by atoms with Gasteiger partial charge in [-0.25, -0.2) is 8.42 Å². The molecule has 0 saturated carbocycles. The van der Waals surface area contributed by atoms with Gasteiger partial charge < -0.3 is 5.73 Å². The highest BCUT2D eigenvalue weighted by atomic mass is 79.9. The minimum atomic E-state index is -3.74. The van der Waals surface area contributed by atoms with Crippen LogP contribution < -0.4 is 10.5 Å². The summed E-state index contributed by atoms with van der Waals surface area (Å²) in [5.74, 6) is 0. The second-order valence-corrected chi connectivity index (χ2v) is 6.59. The summed E-state index contributed by atoms with van der Waals surface area (Å²) in [5.41, 5.74) is 6.29. The monoisotopic (exact) mass is 361 g/mol. The Kier molecular flexibility index (Phi) is 3.98. The van der Waals surface area contributed by atoms with E-state index in [0.29, 0.717) is 10.2 Å². The average molecular weight is 363 g/mol.